The van der Waals surface area contributed by atoms with E-state index in [1.165, 1.54) is 0 Å². The maximum Gasteiger partial charge on any atom is 0.223 e. The van der Waals surface area contributed by atoms with Gasteiger partial charge in [-0.1, -0.05) is 59.6 Å². The highest BCUT2D eigenvalue weighted by Crippen LogP contribution is 2.22. The second-order valence-electron chi connectivity index (χ2n) is 5.75. The van der Waals surface area contributed by atoms with Crippen LogP contribution >= 0.6 is 23.2 Å². The molecule has 2 N–H and O–H groups in total. The molecule has 0 fully saturated rings. The molecule has 2 rings (SSSR count). The first-order chi connectivity index (χ1) is 12.0. The third-order valence-corrected chi connectivity index (χ3v) is 4.41. The molecule has 2 aromatic rings. The normalized spacial score (nSPS) is 10.5. The molecule has 132 valence electrons. The molecule has 0 aliphatic carbocycles. The average Bonchev–Trinajstić information content (AvgIpc) is 2.58. The molecule has 25 heavy (non-hydrogen) atoms. The molecule has 0 radical (unpaired) electrons. The quantitative estimate of drug-likeness (QED) is 0.758. The topological polar surface area (TPSA) is 63.4 Å². The minimum absolute atomic E-state index is 0.0453. The summed E-state index contributed by atoms with van der Waals surface area (Å²) in [7, 11) is 0. The Labute approximate surface area is 157 Å². The van der Waals surface area contributed by atoms with E-state index < -0.39 is 5.91 Å². The van der Waals surface area contributed by atoms with E-state index in [4.69, 9.17) is 28.9 Å². The third-order valence-electron chi connectivity index (χ3n) is 3.82. The number of nitrogens with zero attached hydrogens (tertiary/aromatic N) is 1. The lowest BCUT2D eigenvalue weighted by molar-refractivity contribution is -0.132. The first kappa shape index (κ1) is 19.3. The minimum Gasteiger partial charge on any atom is -0.370 e. The van der Waals surface area contributed by atoms with Crippen LogP contribution in [0.5, 0.6) is 0 Å². The first-order valence-electron chi connectivity index (χ1n) is 7.99. The number of halogens is 2. The fourth-order valence-electron chi connectivity index (χ4n) is 2.47. The fourth-order valence-corrected chi connectivity index (χ4v) is 2.97. The van der Waals surface area contributed by atoms with Gasteiger partial charge in [0.05, 0.1) is 0 Å². The molecule has 6 heteroatoms. The zero-order chi connectivity index (χ0) is 18.2. The van der Waals surface area contributed by atoms with E-state index in [-0.39, 0.29) is 12.3 Å². The molecule has 0 heterocycles. The van der Waals surface area contributed by atoms with Crippen molar-refractivity contribution in [3.05, 3.63) is 69.7 Å². The minimum atomic E-state index is -0.424. The molecule has 0 bridgehead atoms. The molecule has 2 amide bonds. The van der Waals surface area contributed by atoms with Gasteiger partial charge >= 0.3 is 0 Å². The molecule has 0 saturated carbocycles. The van der Waals surface area contributed by atoms with Crippen molar-refractivity contribution in [2.24, 2.45) is 5.73 Å². The summed E-state index contributed by atoms with van der Waals surface area (Å²) in [6.45, 7) is 0.749. The molecule has 0 aromatic heterocycles. The Morgan fingerprint density at radius 2 is 1.72 bits per heavy atom. The number of primary amides is 1. The Balaban J connectivity index is 2.02. The van der Waals surface area contributed by atoms with Crippen molar-refractivity contribution in [1.82, 2.24) is 4.90 Å². The highest BCUT2D eigenvalue weighted by atomic mass is 35.5. The van der Waals surface area contributed by atoms with Crippen LogP contribution in [0.2, 0.25) is 10.0 Å². The average molecular weight is 379 g/mol. The number of carbonyl (C=O) groups excluding carboxylic acids is 2. The van der Waals surface area contributed by atoms with E-state index in [9.17, 15) is 9.59 Å². The van der Waals surface area contributed by atoms with Crippen molar-refractivity contribution in [2.75, 3.05) is 6.54 Å². The van der Waals surface area contributed by atoms with Crippen molar-refractivity contribution in [3.63, 3.8) is 0 Å². The smallest absolute Gasteiger partial charge is 0.223 e. The Morgan fingerprint density at radius 1 is 1.00 bits per heavy atom. The standard InChI is InChI=1S/C19H20Cl2N2O2/c20-16-8-6-15(17(21)12-16)7-9-19(25)23(11-10-18(22)24)13-14-4-2-1-3-5-14/h1-6,8,12H,7,9-11,13H2,(H2,22,24). The fraction of sp³-hybridized carbons (Fsp3) is 0.263. The van der Waals surface area contributed by atoms with Gasteiger partial charge in [-0.25, -0.2) is 0 Å². The van der Waals surface area contributed by atoms with E-state index in [0.717, 1.165) is 11.1 Å². The zero-order valence-electron chi connectivity index (χ0n) is 13.8. The molecule has 0 saturated heterocycles. The van der Waals surface area contributed by atoms with Crippen molar-refractivity contribution in [1.29, 1.82) is 0 Å². The van der Waals surface area contributed by atoms with Crippen LogP contribution in [-0.4, -0.2) is 23.3 Å². The molecule has 2 aromatic carbocycles. The highest BCUT2D eigenvalue weighted by Gasteiger charge is 2.15. The molecule has 0 atom stereocenters. The molecular formula is C19H20Cl2N2O2. The van der Waals surface area contributed by atoms with Crippen LogP contribution < -0.4 is 5.73 Å². The number of rotatable bonds is 8. The third kappa shape index (κ3) is 6.40. The van der Waals surface area contributed by atoms with Gasteiger partial charge in [-0.2, -0.15) is 0 Å². The molecule has 0 unspecified atom stereocenters. The SMILES string of the molecule is NC(=O)CCN(Cc1ccccc1)C(=O)CCc1ccc(Cl)cc1Cl. The summed E-state index contributed by atoms with van der Waals surface area (Å²) in [5.74, 6) is -0.470. The summed E-state index contributed by atoms with van der Waals surface area (Å²) in [5, 5.41) is 1.11. The second kappa shape index (κ2) is 9.44. The lowest BCUT2D eigenvalue weighted by atomic mass is 10.1. The van der Waals surface area contributed by atoms with Crippen molar-refractivity contribution >= 4 is 35.0 Å². The molecule has 0 aliphatic heterocycles. The van der Waals surface area contributed by atoms with Gasteiger partial charge in [-0.15, -0.1) is 0 Å². The molecule has 4 nitrogen and oxygen atoms in total. The van der Waals surface area contributed by atoms with Gasteiger partial charge in [0.2, 0.25) is 11.8 Å². The Kier molecular flexibility index (Phi) is 7.29. The summed E-state index contributed by atoms with van der Waals surface area (Å²) < 4.78 is 0. The predicted molar refractivity (Wildman–Crippen MR) is 100 cm³/mol. The molecule has 0 spiro atoms. The van der Waals surface area contributed by atoms with Gasteiger partial charge in [0, 0.05) is 36.0 Å². The Bertz CT molecular complexity index is 735. The van der Waals surface area contributed by atoms with Crippen molar-refractivity contribution < 1.29 is 9.59 Å². The van der Waals surface area contributed by atoms with Gasteiger partial charge in [0.1, 0.15) is 0 Å². The van der Waals surface area contributed by atoms with E-state index >= 15 is 0 Å². The van der Waals surface area contributed by atoms with E-state index in [1.807, 2.05) is 36.4 Å². The largest absolute Gasteiger partial charge is 0.370 e. The van der Waals surface area contributed by atoms with Crippen molar-refractivity contribution in [2.45, 2.75) is 25.8 Å². The van der Waals surface area contributed by atoms with Gasteiger partial charge in [-0.3, -0.25) is 9.59 Å². The monoisotopic (exact) mass is 378 g/mol. The van der Waals surface area contributed by atoms with E-state index in [2.05, 4.69) is 0 Å². The van der Waals surface area contributed by atoms with Gasteiger partial charge in [0.15, 0.2) is 0 Å². The van der Waals surface area contributed by atoms with Gasteiger partial charge in [-0.05, 0) is 29.7 Å². The number of nitrogens with two attached hydrogens (primary N) is 1. The van der Waals surface area contributed by atoms with Gasteiger partial charge in [0.25, 0.3) is 0 Å². The summed E-state index contributed by atoms with van der Waals surface area (Å²) in [6.07, 6.45) is 0.948. The molecular weight excluding hydrogens is 359 g/mol. The Hall–Kier alpha value is -2.04. The van der Waals surface area contributed by atoms with Crippen LogP contribution in [-0.2, 0) is 22.6 Å². The van der Waals surface area contributed by atoms with Crippen LogP contribution in [0.1, 0.15) is 24.0 Å². The van der Waals surface area contributed by atoms with Crippen LogP contribution in [0.3, 0.4) is 0 Å². The molecule has 0 aliphatic rings. The highest BCUT2D eigenvalue weighted by molar-refractivity contribution is 6.35. The predicted octanol–water partition coefficient (Wildman–Crippen LogP) is 3.83. The van der Waals surface area contributed by atoms with E-state index in [1.54, 1.807) is 17.0 Å². The van der Waals surface area contributed by atoms with Gasteiger partial charge < -0.3 is 10.6 Å². The summed E-state index contributed by atoms with van der Waals surface area (Å²) in [5.41, 5.74) is 7.10. The van der Waals surface area contributed by atoms with Crippen LogP contribution in [0.15, 0.2) is 48.5 Å². The summed E-state index contributed by atoms with van der Waals surface area (Å²) in [4.78, 5) is 25.4. The van der Waals surface area contributed by atoms with Crippen LogP contribution in [0.25, 0.3) is 0 Å². The van der Waals surface area contributed by atoms with Crippen LogP contribution in [0, 0.1) is 0 Å². The number of carbonyl (C=O) groups is 2. The maximum absolute atomic E-state index is 12.6. The Morgan fingerprint density at radius 3 is 2.36 bits per heavy atom. The number of hydrogen-bond acceptors (Lipinski definition) is 2. The van der Waals surface area contributed by atoms with E-state index in [0.29, 0.717) is 36.0 Å². The summed E-state index contributed by atoms with van der Waals surface area (Å²) >= 11 is 12.0. The number of amides is 2. The number of hydrogen-bond donors (Lipinski definition) is 1. The number of aryl methyl sites for hydroxylation is 1. The lowest BCUT2D eigenvalue weighted by Crippen LogP contribution is -2.33. The number of benzene rings is 2. The lowest BCUT2D eigenvalue weighted by Gasteiger charge is -2.22. The second-order valence-corrected chi connectivity index (χ2v) is 6.60. The summed E-state index contributed by atoms with van der Waals surface area (Å²) in [6, 6.07) is 14.9. The van der Waals surface area contributed by atoms with Crippen molar-refractivity contribution in [3.8, 4) is 0 Å². The van der Waals surface area contributed by atoms with Crippen LogP contribution in [0.4, 0.5) is 0 Å². The zero-order valence-corrected chi connectivity index (χ0v) is 15.3. The first-order valence-corrected chi connectivity index (χ1v) is 8.75. The maximum atomic E-state index is 12.6.